The molecule has 3 rings (SSSR count). The first-order valence-electron chi connectivity index (χ1n) is 7.94. The molecule has 0 unspecified atom stereocenters. The van der Waals surface area contributed by atoms with Gasteiger partial charge in [-0.2, -0.15) is 5.10 Å². The fourth-order valence-corrected chi connectivity index (χ4v) is 2.75. The third-order valence-electron chi connectivity index (χ3n) is 3.49. The zero-order valence-electron chi connectivity index (χ0n) is 14.0. The van der Waals surface area contributed by atoms with Crippen LogP contribution in [-0.4, -0.2) is 23.1 Å². The summed E-state index contributed by atoms with van der Waals surface area (Å²) in [6.07, 6.45) is 4.55. The van der Waals surface area contributed by atoms with E-state index >= 15 is 0 Å². The number of hydrogen-bond acceptors (Lipinski definition) is 5. The van der Waals surface area contributed by atoms with Gasteiger partial charge in [-0.3, -0.25) is 9.78 Å². The molecule has 1 aromatic heterocycles. The van der Waals surface area contributed by atoms with Gasteiger partial charge in [0.25, 0.3) is 5.91 Å². The molecule has 1 heterocycles. The second-order valence-corrected chi connectivity index (χ2v) is 6.54. The Morgan fingerprint density at radius 3 is 2.52 bits per heavy atom. The number of aromatic nitrogens is 1. The molecule has 0 aliphatic heterocycles. The number of rotatable bonds is 5. The number of halogens is 1. The van der Waals surface area contributed by atoms with Crippen LogP contribution in [-0.2, 0) is 0 Å². The van der Waals surface area contributed by atoms with Crippen LogP contribution in [0.5, 0.6) is 5.75 Å². The molecule has 0 bridgehead atoms. The molecule has 2 aromatic carbocycles. The molecule has 0 radical (unpaired) electrons. The normalized spacial score (nSPS) is 10.6. The van der Waals surface area contributed by atoms with Crippen molar-refractivity contribution in [2.75, 3.05) is 0 Å². The van der Waals surface area contributed by atoms with Crippen LogP contribution >= 0.6 is 22.6 Å². The van der Waals surface area contributed by atoms with E-state index < -0.39 is 5.97 Å². The molecule has 27 heavy (non-hydrogen) atoms. The number of nitrogens with zero attached hydrogens (tertiary/aromatic N) is 2. The number of amides is 1. The molecule has 7 heteroatoms. The fourth-order valence-electron chi connectivity index (χ4n) is 2.14. The first-order chi connectivity index (χ1) is 13.1. The number of pyridine rings is 1. The van der Waals surface area contributed by atoms with Gasteiger partial charge in [0.15, 0.2) is 0 Å². The third-order valence-corrected chi connectivity index (χ3v) is 4.43. The maximum atomic E-state index is 12.2. The Morgan fingerprint density at radius 1 is 1.04 bits per heavy atom. The number of carbonyl (C=O) groups excluding carboxylic acids is 2. The van der Waals surface area contributed by atoms with Crippen LogP contribution in [0.1, 0.15) is 26.3 Å². The van der Waals surface area contributed by atoms with Crippen molar-refractivity contribution < 1.29 is 14.3 Å². The molecule has 0 saturated heterocycles. The van der Waals surface area contributed by atoms with Crippen molar-refractivity contribution in [3.63, 3.8) is 0 Å². The van der Waals surface area contributed by atoms with E-state index in [0.717, 1.165) is 9.13 Å². The van der Waals surface area contributed by atoms with Crippen molar-refractivity contribution in [1.29, 1.82) is 0 Å². The summed E-state index contributed by atoms with van der Waals surface area (Å²) < 4.78 is 6.20. The lowest BCUT2D eigenvalue weighted by Crippen LogP contribution is -2.17. The van der Waals surface area contributed by atoms with Gasteiger partial charge in [-0.25, -0.2) is 10.2 Å². The second-order valence-electron chi connectivity index (χ2n) is 5.38. The van der Waals surface area contributed by atoms with E-state index in [4.69, 9.17) is 4.74 Å². The molecule has 6 nitrogen and oxygen atoms in total. The summed E-state index contributed by atoms with van der Waals surface area (Å²) in [6.45, 7) is 0. The summed E-state index contributed by atoms with van der Waals surface area (Å²) in [4.78, 5) is 27.9. The second kappa shape index (κ2) is 9.04. The van der Waals surface area contributed by atoms with E-state index in [2.05, 4.69) is 38.1 Å². The molecule has 1 N–H and O–H groups in total. The van der Waals surface area contributed by atoms with Gasteiger partial charge in [0.2, 0.25) is 0 Å². The van der Waals surface area contributed by atoms with Gasteiger partial charge in [0.05, 0.1) is 17.3 Å². The van der Waals surface area contributed by atoms with Crippen molar-refractivity contribution in [3.8, 4) is 5.75 Å². The zero-order valence-corrected chi connectivity index (χ0v) is 16.2. The molecule has 0 spiro atoms. The fraction of sp³-hybridized carbons (Fsp3) is 0. The molecule has 0 aliphatic carbocycles. The van der Waals surface area contributed by atoms with Gasteiger partial charge in [0, 0.05) is 16.0 Å². The lowest BCUT2D eigenvalue weighted by molar-refractivity contribution is 0.0733. The lowest BCUT2D eigenvalue weighted by atomic mass is 10.2. The molecule has 0 aliphatic rings. The van der Waals surface area contributed by atoms with E-state index in [1.807, 2.05) is 12.1 Å². The van der Waals surface area contributed by atoms with E-state index in [1.165, 1.54) is 12.4 Å². The molecule has 134 valence electrons. The predicted octanol–water partition coefficient (Wildman–Crippen LogP) is 3.67. The molecule has 1 amide bonds. The highest BCUT2D eigenvalue weighted by atomic mass is 127. The standard InChI is InChI=1S/C20H14IN3O3/c21-18-6-2-1-5-17(18)20(26)27-16-9-7-14(8-10-16)12-23-24-19(25)15-4-3-11-22-13-15/h1-13H,(H,24,25). The highest BCUT2D eigenvalue weighted by Gasteiger charge is 2.11. The van der Waals surface area contributed by atoms with Gasteiger partial charge in [0.1, 0.15) is 5.75 Å². The van der Waals surface area contributed by atoms with Crippen LogP contribution in [0.25, 0.3) is 0 Å². The predicted molar refractivity (Wildman–Crippen MR) is 110 cm³/mol. The first-order valence-corrected chi connectivity index (χ1v) is 9.01. The number of nitrogens with one attached hydrogen (secondary N) is 1. The van der Waals surface area contributed by atoms with E-state index in [1.54, 1.807) is 54.7 Å². The minimum Gasteiger partial charge on any atom is -0.423 e. The summed E-state index contributed by atoms with van der Waals surface area (Å²) in [5, 5.41) is 3.91. The molecular formula is C20H14IN3O3. The Morgan fingerprint density at radius 2 is 1.81 bits per heavy atom. The van der Waals surface area contributed by atoms with Gasteiger partial charge < -0.3 is 4.74 Å². The quantitative estimate of drug-likeness (QED) is 0.203. The third kappa shape index (κ3) is 5.20. The van der Waals surface area contributed by atoms with Gasteiger partial charge in [-0.1, -0.05) is 12.1 Å². The molecule has 0 fully saturated rings. The molecular weight excluding hydrogens is 457 g/mol. The van der Waals surface area contributed by atoms with E-state index in [0.29, 0.717) is 16.9 Å². The van der Waals surface area contributed by atoms with Crippen molar-refractivity contribution >= 4 is 40.7 Å². The summed E-state index contributed by atoms with van der Waals surface area (Å²) in [5.74, 6) is -0.330. The molecule has 3 aromatic rings. The summed E-state index contributed by atoms with van der Waals surface area (Å²) in [5.41, 5.74) is 4.11. The van der Waals surface area contributed by atoms with Crippen molar-refractivity contribution in [2.45, 2.75) is 0 Å². The lowest BCUT2D eigenvalue weighted by Gasteiger charge is -2.06. The number of hydrogen-bond donors (Lipinski definition) is 1. The SMILES string of the molecule is O=C(NN=Cc1ccc(OC(=O)c2ccccc2I)cc1)c1cccnc1. The topological polar surface area (TPSA) is 80.6 Å². The number of hydrazone groups is 1. The summed E-state index contributed by atoms with van der Waals surface area (Å²) in [7, 11) is 0. The van der Waals surface area contributed by atoms with Gasteiger partial charge >= 0.3 is 5.97 Å². The van der Waals surface area contributed by atoms with Crippen LogP contribution in [0.4, 0.5) is 0 Å². The number of carbonyl (C=O) groups is 2. The highest BCUT2D eigenvalue weighted by Crippen LogP contribution is 2.17. The molecule has 0 saturated carbocycles. The van der Waals surface area contributed by atoms with Gasteiger partial charge in [-0.05, 0) is 76.7 Å². The van der Waals surface area contributed by atoms with Crippen LogP contribution in [0.2, 0.25) is 0 Å². The van der Waals surface area contributed by atoms with Crippen molar-refractivity contribution in [3.05, 3.63) is 93.3 Å². The van der Waals surface area contributed by atoms with Crippen molar-refractivity contribution in [1.82, 2.24) is 10.4 Å². The number of esters is 1. The van der Waals surface area contributed by atoms with Crippen LogP contribution in [0.3, 0.4) is 0 Å². The maximum Gasteiger partial charge on any atom is 0.344 e. The Hall–Kier alpha value is -3.07. The largest absolute Gasteiger partial charge is 0.423 e. The Balaban J connectivity index is 1.58. The average Bonchev–Trinajstić information content (AvgIpc) is 2.70. The minimum atomic E-state index is -0.412. The van der Waals surface area contributed by atoms with E-state index in [-0.39, 0.29) is 5.91 Å². The maximum absolute atomic E-state index is 12.2. The first kappa shape index (κ1) is 18.7. The smallest absolute Gasteiger partial charge is 0.344 e. The Labute approximate surface area is 169 Å². The Bertz CT molecular complexity index is 973. The molecule has 0 atom stereocenters. The Kier molecular flexibility index (Phi) is 6.26. The summed E-state index contributed by atoms with van der Waals surface area (Å²) >= 11 is 2.09. The highest BCUT2D eigenvalue weighted by molar-refractivity contribution is 14.1. The van der Waals surface area contributed by atoms with Gasteiger partial charge in [-0.15, -0.1) is 0 Å². The van der Waals surface area contributed by atoms with Crippen LogP contribution in [0, 0.1) is 3.57 Å². The van der Waals surface area contributed by atoms with Crippen LogP contribution in [0.15, 0.2) is 78.2 Å². The monoisotopic (exact) mass is 471 g/mol. The van der Waals surface area contributed by atoms with Crippen LogP contribution < -0.4 is 10.2 Å². The van der Waals surface area contributed by atoms with E-state index in [9.17, 15) is 9.59 Å². The average molecular weight is 471 g/mol. The number of ether oxygens (including phenoxy) is 1. The summed E-state index contributed by atoms with van der Waals surface area (Å²) in [6, 6.07) is 17.3. The number of benzene rings is 2. The zero-order chi connectivity index (χ0) is 19.1. The van der Waals surface area contributed by atoms with Crippen molar-refractivity contribution in [2.24, 2.45) is 5.10 Å². The minimum absolute atomic E-state index is 0.345.